The zero-order valence-electron chi connectivity index (χ0n) is 23.1. The van der Waals surface area contributed by atoms with Crippen molar-refractivity contribution >= 4 is 28.8 Å². The van der Waals surface area contributed by atoms with E-state index in [9.17, 15) is 4.79 Å². The number of ether oxygens (including phenoxy) is 1. The molecule has 1 aliphatic carbocycles. The Balaban J connectivity index is 1.38. The molecule has 0 atom stereocenters. The van der Waals surface area contributed by atoms with Gasteiger partial charge in [0, 0.05) is 54.2 Å². The highest BCUT2D eigenvalue weighted by Crippen LogP contribution is 2.36. The maximum atomic E-state index is 12.3. The molecule has 1 saturated heterocycles. The van der Waals surface area contributed by atoms with E-state index in [1.165, 1.54) is 18.5 Å². The molecule has 3 aromatic rings. The van der Waals surface area contributed by atoms with E-state index in [0.29, 0.717) is 6.04 Å². The van der Waals surface area contributed by atoms with Gasteiger partial charge in [0.05, 0.1) is 11.4 Å². The van der Waals surface area contributed by atoms with Gasteiger partial charge in [0.25, 0.3) is 0 Å². The maximum absolute atomic E-state index is 12.3. The summed E-state index contributed by atoms with van der Waals surface area (Å²) in [6.07, 6.45) is 11.6. The Morgan fingerprint density at radius 1 is 1.13 bits per heavy atom. The molecule has 9 heteroatoms. The second kappa shape index (κ2) is 11.2. The Hall–Kier alpha value is -3.36. The van der Waals surface area contributed by atoms with Crippen molar-refractivity contribution < 1.29 is 9.53 Å². The van der Waals surface area contributed by atoms with Crippen LogP contribution in [0.25, 0.3) is 22.3 Å². The first-order chi connectivity index (χ1) is 18.3. The molecule has 2 aliphatic rings. The largest absolute Gasteiger partial charge is 0.444 e. The summed E-state index contributed by atoms with van der Waals surface area (Å²) in [7, 11) is 0. The third-order valence-corrected chi connectivity index (χ3v) is 7.34. The molecule has 5 rings (SSSR count). The molecule has 9 nitrogen and oxygen atoms in total. The van der Waals surface area contributed by atoms with E-state index >= 15 is 0 Å². The third kappa shape index (κ3) is 6.19. The number of alkyl carbamates (subject to hydrolysis) is 1. The number of amides is 1. The van der Waals surface area contributed by atoms with Crippen molar-refractivity contribution in [2.45, 2.75) is 96.7 Å². The second-order valence-corrected chi connectivity index (χ2v) is 11.6. The summed E-state index contributed by atoms with van der Waals surface area (Å²) in [6.45, 7) is 9.86. The number of pyridine rings is 1. The van der Waals surface area contributed by atoms with E-state index in [1.807, 2.05) is 39.2 Å². The van der Waals surface area contributed by atoms with Crippen molar-refractivity contribution in [3.8, 4) is 11.3 Å². The molecule has 0 bridgehead atoms. The van der Waals surface area contributed by atoms with Gasteiger partial charge in [-0.25, -0.2) is 19.7 Å². The average Bonchev–Trinajstić information content (AvgIpc) is 3.55. The number of aromatic nitrogens is 4. The number of aromatic amines is 1. The predicted molar refractivity (Wildman–Crippen MR) is 152 cm³/mol. The van der Waals surface area contributed by atoms with Gasteiger partial charge in [0.15, 0.2) is 0 Å². The number of anilines is 2. The number of nitrogens with zero attached hydrogens (tertiary/aromatic N) is 4. The van der Waals surface area contributed by atoms with Crippen LogP contribution in [-0.2, 0) is 11.2 Å². The van der Waals surface area contributed by atoms with Gasteiger partial charge in [-0.15, -0.1) is 0 Å². The lowest BCUT2D eigenvalue weighted by Crippen LogP contribution is -2.42. The summed E-state index contributed by atoms with van der Waals surface area (Å²) in [5.74, 6) is 0.792. The number of nitrogens with one attached hydrogen (secondary N) is 3. The molecule has 0 unspecified atom stereocenters. The first-order valence-corrected chi connectivity index (χ1v) is 14.1. The molecular weight excluding hydrogens is 478 g/mol. The zero-order valence-corrected chi connectivity index (χ0v) is 23.1. The molecule has 0 radical (unpaired) electrons. The van der Waals surface area contributed by atoms with Crippen LogP contribution < -0.4 is 15.5 Å². The zero-order chi connectivity index (χ0) is 26.7. The standard InChI is InChI=1S/C29H41N7O2/c1-5-8-21-17-22-25(32-19-9-11-20(12-10-19)34-28(37)38-29(2,3)4)23(18-31-26(22)33-21)24-13-14-30-27(35-24)36-15-6-7-16-36/h13-14,17-20H,5-12,15-16H2,1-4H3,(H,34,37)(H2,31,32,33). The minimum absolute atomic E-state index is 0.133. The van der Waals surface area contributed by atoms with Gasteiger partial charge < -0.3 is 25.3 Å². The Morgan fingerprint density at radius 2 is 1.87 bits per heavy atom. The molecule has 38 heavy (non-hydrogen) atoms. The van der Waals surface area contributed by atoms with Crippen molar-refractivity contribution in [2.24, 2.45) is 0 Å². The highest BCUT2D eigenvalue weighted by Gasteiger charge is 2.26. The fourth-order valence-corrected chi connectivity index (χ4v) is 5.51. The second-order valence-electron chi connectivity index (χ2n) is 11.6. The summed E-state index contributed by atoms with van der Waals surface area (Å²) in [5.41, 5.74) is 4.56. The van der Waals surface area contributed by atoms with Gasteiger partial charge in [-0.05, 0) is 77.8 Å². The minimum Gasteiger partial charge on any atom is -0.444 e. The number of carbonyl (C=O) groups excluding carboxylic acids is 1. The summed E-state index contributed by atoms with van der Waals surface area (Å²) in [5, 5.41) is 8.02. The van der Waals surface area contributed by atoms with Crippen molar-refractivity contribution in [1.82, 2.24) is 25.3 Å². The quantitative estimate of drug-likeness (QED) is 0.361. The van der Waals surface area contributed by atoms with E-state index in [-0.39, 0.29) is 12.1 Å². The van der Waals surface area contributed by atoms with Crippen LogP contribution in [0.2, 0.25) is 0 Å². The lowest BCUT2D eigenvalue weighted by Gasteiger charge is -2.31. The van der Waals surface area contributed by atoms with E-state index in [4.69, 9.17) is 14.7 Å². The molecule has 4 heterocycles. The van der Waals surface area contributed by atoms with Crippen LogP contribution in [0.3, 0.4) is 0 Å². The van der Waals surface area contributed by atoms with E-state index < -0.39 is 5.60 Å². The van der Waals surface area contributed by atoms with Crippen molar-refractivity contribution in [2.75, 3.05) is 23.3 Å². The van der Waals surface area contributed by atoms with Crippen LogP contribution in [-0.4, -0.2) is 56.8 Å². The summed E-state index contributed by atoms with van der Waals surface area (Å²) >= 11 is 0. The van der Waals surface area contributed by atoms with Crippen LogP contribution in [0.4, 0.5) is 16.4 Å². The van der Waals surface area contributed by atoms with E-state index in [2.05, 4.69) is 38.5 Å². The fraction of sp³-hybridized carbons (Fsp3) is 0.586. The molecule has 0 aromatic carbocycles. The van der Waals surface area contributed by atoms with Gasteiger partial charge in [0.2, 0.25) is 5.95 Å². The van der Waals surface area contributed by atoms with Crippen molar-refractivity contribution in [3.63, 3.8) is 0 Å². The number of carbonyl (C=O) groups is 1. The smallest absolute Gasteiger partial charge is 0.407 e. The lowest BCUT2D eigenvalue weighted by molar-refractivity contribution is 0.0492. The summed E-state index contributed by atoms with van der Waals surface area (Å²) in [6, 6.07) is 4.64. The number of hydrogen-bond acceptors (Lipinski definition) is 7. The van der Waals surface area contributed by atoms with Crippen LogP contribution in [0, 0.1) is 0 Å². The number of hydrogen-bond donors (Lipinski definition) is 3. The number of rotatable bonds is 7. The monoisotopic (exact) mass is 519 g/mol. The van der Waals surface area contributed by atoms with Gasteiger partial charge in [-0.2, -0.15) is 0 Å². The van der Waals surface area contributed by atoms with Crippen LogP contribution in [0.5, 0.6) is 0 Å². The summed E-state index contributed by atoms with van der Waals surface area (Å²) < 4.78 is 5.45. The predicted octanol–water partition coefficient (Wildman–Crippen LogP) is 5.82. The Kier molecular flexibility index (Phi) is 7.72. The maximum Gasteiger partial charge on any atom is 0.407 e. The van der Waals surface area contributed by atoms with E-state index in [1.54, 1.807) is 0 Å². The van der Waals surface area contributed by atoms with Crippen LogP contribution in [0.15, 0.2) is 24.5 Å². The first kappa shape index (κ1) is 26.3. The topological polar surface area (TPSA) is 108 Å². The highest BCUT2D eigenvalue weighted by atomic mass is 16.6. The Bertz CT molecular complexity index is 1250. The summed E-state index contributed by atoms with van der Waals surface area (Å²) in [4.78, 5) is 32.3. The molecule has 3 N–H and O–H groups in total. The molecule has 204 valence electrons. The Labute approximate surface area is 225 Å². The van der Waals surface area contributed by atoms with Crippen LogP contribution >= 0.6 is 0 Å². The number of aryl methyl sites for hydroxylation is 1. The molecular formula is C29H41N7O2. The number of fused-ring (bicyclic) bond motifs is 1. The van der Waals surface area contributed by atoms with Gasteiger partial charge in [0.1, 0.15) is 11.2 Å². The van der Waals surface area contributed by atoms with Crippen molar-refractivity contribution in [3.05, 3.63) is 30.2 Å². The van der Waals surface area contributed by atoms with Crippen molar-refractivity contribution in [1.29, 1.82) is 0 Å². The highest BCUT2D eigenvalue weighted by molar-refractivity contribution is 5.98. The average molecular weight is 520 g/mol. The molecule has 1 saturated carbocycles. The van der Waals surface area contributed by atoms with Gasteiger partial charge in [-0.1, -0.05) is 13.3 Å². The van der Waals surface area contributed by atoms with Gasteiger partial charge >= 0.3 is 6.09 Å². The van der Waals surface area contributed by atoms with Gasteiger partial charge in [-0.3, -0.25) is 0 Å². The minimum atomic E-state index is -0.491. The SMILES string of the molecule is CCCc1cc2c(NC3CCC(NC(=O)OC(C)(C)C)CC3)c(-c3ccnc(N4CCCC4)n3)cnc2[nH]1. The lowest BCUT2D eigenvalue weighted by atomic mass is 9.90. The molecule has 2 fully saturated rings. The third-order valence-electron chi connectivity index (χ3n) is 7.34. The van der Waals surface area contributed by atoms with E-state index in [0.717, 1.165) is 85.5 Å². The number of H-pyrrole nitrogens is 1. The fourth-order valence-electron chi connectivity index (χ4n) is 5.51. The Morgan fingerprint density at radius 3 is 2.58 bits per heavy atom. The molecule has 3 aromatic heterocycles. The molecule has 1 amide bonds. The molecule has 1 aliphatic heterocycles. The molecule has 0 spiro atoms. The van der Waals surface area contributed by atoms with Crippen LogP contribution in [0.1, 0.15) is 78.3 Å². The first-order valence-electron chi connectivity index (χ1n) is 14.1. The normalized spacial score (nSPS) is 20.1.